The summed E-state index contributed by atoms with van der Waals surface area (Å²) < 4.78 is 19.3. The van der Waals surface area contributed by atoms with Gasteiger partial charge in [0.2, 0.25) is 0 Å². The van der Waals surface area contributed by atoms with Gasteiger partial charge >= 0.3 is 0 Å². The number of oxazole rings is 1. The maximum absolute atomic E-state index is 13.5. The molecule has 3 nitrogen and oxygen atoms in total. The van der Waals surface area contributed by atoms with Crippen LogP contribution in [0.2, 0.25) is 0 Å². The van der Waals surface area contributed by atoms with Gasteiger partial charge in [-0.2, -0.15) is 0 Å². The molecule has 0 aliphatic heterocycles. The van der Waals surface area contributed by atoms with Crippen LogP contribution in [0.25, 0.3) is 11.3 Å². The van der Waals surface area contributed by atoms with Crippen molar-refractivity contribution in [2.75, 3.05) is 0 Å². The van der Waals surface area contributed by atoms with Crippen LogP contribution in [0.3, 0.4) is 0 Å². The van der Waals surface area contributed by atoms with Crippen LogP contribution in [0.5, 0.6) is 0 Å². The molecule has 2 aromatic rings. The molecule has 2 rings (SSSR count). The zero-order chi connectivity index (χ0) is 13.1. The van der Waals surface area contributed by atoms with E-state index in [4.69, 9.17) is 4.42 Å². The number of nitrogens with one attached hydrogen (secondary N) is 1. The number of halogens is 2. The quantitative estimate of drug-likeness (QED) is 0.934. The molecule has 0 fully saturated rings. The van der Waals surface area contributed by atoms with Crippen LogP contribution in [-0.2, 0) is 6.54 Å². The fourth-order valence-corrected chi connectivity index (χ4v) is 1.81. The van der Waals surface area contributed by atoms with Gasteiger partial charge in [0.25, 0.3) is 0 Å². The summed E-state index contributed by atoms with van der Waals surface area (Å²) in [4.78, 5) is 4.15. The molecule has 0 amide bonds. The lowest BCUT2D eigenvalue weighted by molar-refractivity contribution is 0.561. The molecule has 0 saturated carbocycles. The summed E-state index contributed by atoms with van der Waals surface area (Å²) in [5.41, 5.74) is 1.47. The van der Waals surface area contributed by atoms with Gasteiger partial charge in [-0.1, -0.05) is 13.8 Å². The zero-order valence-electron chi connectivity index (χ0n) is 10.2. The molecular formula is C13H14BrFN2O. The molecule has 18 heavy (non-hydrogen) atoms. The molecule has 0 aliphatic carbocycles. The van der Waals surface area contributed by atoms with Gasteiger partial charge in [0.05, 0.1) is 4.47 Å². The Morgan fingerprint density at radius 2 is 2.22 bits per heavy atom. The summed E-state index contributed by atoms with van der Waals surface area (Å²) in [6.45, 7) is 4.71. The first-order chi connectivity index (χ1) is 8.58. The molecule has 0 spiro atoms. The highest BCUT2D eigenvalue weighted by atomic mass is 79.9. The van der Waals surface area contributed by atoms with E-state index in [1.807, 2.05) is 0 Å². The Hall–Kier alpha value is -1.20. The van der Waals surface area contributed by atoms with Crippen LogP contribution in [0.4, 0.5) is 4.39 Å². The Bertz CT molecular complexity index is 540. The second-order valence-corrected chi connectivity index (χ2v) is 5.15. The average molecular weight is 313 g/mol. The predicted octanol–water partition coefficient (Wildman–Crippen LogP) is 3.74. The molecule has 0 aliphatic rings. The van der Waals surface area contributed by atoms with Crippen molar-refractivity contribution >= 4 is 15.9 Å². The molecule has 0 saturated heterocycles. The highest BCUT2D eigenvalue weighted by molar-refractivity contribution is 9.10. The lowest BCUT2D eigenvalue weighted by atomic mass is 10.1. The first kappa shape index (κ1) is 13.2. The minimum absolute atomic E-state index is 0.313. The Morgan fingerprint density at radius 3 is 2.89 bits per heavy atom. The van der Waals surface area contributed by atoms with Gasteiger partial charge in [0.1, 0.15) is 11.5 Å². The molecule has 96 valence electrons. The Labute approximate surface area is 114 Å². The highest BCUT2D eigenvalue weighted by Gasteiger charge is 2.12. The summed E-state index contributed by atoms with van der Waals surface area (Å²) in [7, 11) is 0. The number of aromatic nitrogens is 1. The van der Waals surface area contributed by atoms with Crippen molar-refractivity contribution in [3.05, 3.63) is 40.6 Å². The van der Waals surface area contributed by atoms with Crippen molar-refractivity contribution < 1.29 is 8.81 Å². The van der Waals surface area contributed by atoms with Gasteiger partial charge in [0, 0.05) is 18.2 Å². The van der Waals surface area contributed by atoms with E-state index in [1.54, 1.807) is 12.1 Å². The van der Waals surface area contributed by atoms with Gasteiger partial charge in [-0.05, 0) is 34.1 Å². The van der Waals surface area contributed by atoms with Crippen LogP contribution in [-0.4, -0.2) is 11.0 Å². The largest absolute Gasteiger partial charge is 0.443 e. The number of rotatable bonds is 4. The van der Waals surface area contributed by atoms with E-state index in [0.717, 1.165) is 5.69 Å². The smallest absolute Gasteiger partial charge is 0.181 e. The van der Waals surface area contributed by atoms with Crippen molar-refractivity contribution in [1.82, 2.24) is 10.3 Å². The standard InChI is InChI=1S/C13H14BrFN2O/c1-8(2)16-6-12-13(18-7-17-12)9-3-4-10(14)11(15)5-9/h3-5,7-8,16H,6H2,1-2H3. The molecule has 0 unspecified atom stereocenters. The van der Waals surface area contributed by atoms with E-state index in [0.29, 0.717) is 28.4 Å². The predicted molar refractivity (Wildman–Crippen MR) is 71.6 cm³/mol. The van der Waals surface area contributed by atoms with Crippen molar-refractivity contribution in [2.24, 2.45) is 0 Å². The molecule has 0 atom stereocenters. The summed E-state index contributed by atoms with van der Waals surface area (Å²) in [6, 6.07) is 5.25. The number of nitrogens with zero attached hydrogens (tertiary/aromatic N) is 1. The Balaban J connectivity index is 2.27. The number of hydrogen-bond donors (Lipinski definition) is 1. The summed E-state index contributed by atoms with van der Waals surface area (Å²) in [6.07, 6.45) is 1.38. The topological polar surface area (TPSA) is 38.1 Å². The van der Waals surface area contributed by atoms with Crippen LogP contribution in [0, 0.1) is 5.82 Å². The minimum Gasteiger partial charge on any atom is -0.443 e. The molecule has 1 aromatic carbocycles. The lowest BCUT2D eigenvalue weighted by Crippen LogP contribution is -2.22. The molecule has 0 bridgehead atoms. The Kier molecular flexibility index (Phi) is 4.14. The molecular weight excluding hydrogens is 299 g/mol. The number of benzene rings is 1. The van der Waals surface area contributed by atoms with E-state index in [-0.39, 0.29) is 5.82 Å². The highest BCUT2D eigenvalue weighted by Crippen LogP contribution is 2.26. The van der Waals surface area contributed by atoms with Crippen LogP contribution in [0.1, 0.15) is 19.5 Å². The van der Waals surface area contributed by atoms with Crippen molar-refractivity contribution in [1.29, 1.82) is 0 Å². The molecule has 1 N–H and O–H groups in total. The van der Waals surface area contributed by atoms with E-state index in [1.165, 1.54) is 12.5 Å². The lowest BCUT2D eigenvalue weighted by Gasteiger charge is -2.07. The average Bonchev–Trinajstić information content (AvgIpc) is 2.78. The van der Waals surface area contributed by atoms with Crippen LogP contribution in [0.15, 0.2) is 33.5 Å². The van der Waals surface area contributed by atoms with Crippen molar-refractivity contribution in [3.8, 4) is 11.3 Å². The van der Waals surface area contributed by atoms with Crippen molar-refractivity contribution in [3.63, 3.8) is 0 Å². The van der Waals surface area contributed by atoms with Gasteiger partial charge in [-0.15, -0.1) is 0 Å². The second kappa shape index (κ2) is 5.63. The molecule has 1 aromatic heterocycles. The first-order valence-corrected chi connectivity index (χ1v) is 6.48. The molecule has 0 radical (unpaired) electrons. The third-order valence-electron chi connectivity index (χ3n) is 2.50. The zero-order valence-corrected chi connectivity index (χ0v) is 11.8. The van der Waals surface area contributed by atoms with E-state index >= 15 is 0 Å². The van der Waals surface area contributed by atoms with E-state index < -0.39 is 0 Å². The normalized spacial score (nSPS) is 11.2. The summed E-state index contributed by atoms with van der Waals surface area (Å²) >= 11 is 3.13. The van der Waals surface area contributed by atoms with E-state index in [2.05, 4.69) is 40.1 Å². The van der Waals surface area contributed by atoms with Gasteiger partial charge in [-0.25, -0.2) is 9.37 Å². The van der Waals surface area contributed by atoms with Gasteiger partial charge < -0.3 is 9.73 Å². The minimum atomic E-state index is -0.313. The van der Waals surface area contributed by atoms with E-state index in [9.17, 15) is 4.39 Å². The van der Waals surface area contributed by atoms with Crippen LogP contribution >= 0.6 is 15.9 Å². The fourth-order valence-electron chi connectivity index (χ4n) is 1.57. The third kappa shape index (κ3) is 2.97. The molecule has 5 heteroatoms. The maximum Gasteiger partial charge on any atom is 0.181 e. The van der Waals surface area contributed by atoms with Gasteiger partial charge in [0.15, 0.2) is 12.2 Å². The second-order valence-electron chi connectivity index (χ2n) is 4.29. The fraction of sp³-hybridized carbons (Fsp3) is 0.308. The summed E-state index contributed by atoms with van der Waals surface area (Å²) in [5, 5.41) is 3.26. The van der Waals surface area contributed by atoms with Gasteiger partial charge in [-0.3, -0.25) is 0 Å². The van der Waals surface area contributed by atoms with Crippen molar-refractivity contribution in [2.45, 2.75) is 26.4 Å². The SMILES string of the molecule is CC(C)NCc1ncoc1-c1ccc(Br)c(F)c1. The number of hydrogen-bond acceptors (Lipinski definition) is 3. The monoisotopic (exact) mass is 312 g/mol. The molecule has 1 heterocycles. The maximum atomic E-state index is 13.5. The summed E-state index contributed by atoms with van der Waals surface area (Å²) in [5.74, 6) is 0.293. The van der Waals surface area contributed by atoms with Crippen LogP contribution < -0.4 is 5.32 Å². The first-order valence-electron chi connectivity index (χ1n) is 5.69. The Morgan fingerprint density at radius 1 is 1.44 bits per heavy atom. The third-order valence-corrected chi connectivity index (χ3v) is 3.14.